The predicted octanol–water partition coefficient (Wildman–Crippen LogP) is 3.92. The lowest BCUT2D eigenvalue weighted by molar-refractivity contribution is 0.285. The zero-order chi connectivity index (χ0) is 13.3. The van der Waals surface area contributed by atoms with E-state index >= 15 is 0 Å². The quantitative estimate of drug-likeness (QED) is 0.813. The van der Waals surface area contributed by atoms with E-state index in [1.54, 1.807) is 5.56 Å². The number of hydrogen-bond acceptors (Lipinski definition) is 3. The van der Waals surface area contributed by atoms with Gasteiger partial charge >= 0.3 is 0 Å². The van der Waals surface area contributed by atoms with Crippen LogP contribution < -0.4 is 0 Å². The van der Waals surface area contributed by atoms with E-state index in [9.17, 15) is 0 Å². The van der Waals surface area contributed by atoms with Crippen LogP contribution in [0, 0.1) is 0 Å². The van der Waals surface area contributed by atoms with Crippen LogP contribution in [0.15, 0.2) is 29.2 Å². The second-order valence-electron chi connectivity index (χ2n) is 6.21. The van der Waals surface area contributed by atoms with Gasteiger partial charge in [-0.3, -0.25) is 0 Å². The first kappa shape index (κ1) is 13.8. The zero-order valence-corrected chi connectivity index (χ0v) is 13.5. The van der Waals surface area contributed by atoms with Crippen molar-refractivity contribution >= 4 is 23.5 Å². The summed E-state index contributed by atoms with van der Waals surface area (Å²) in [5, 5.41) is 0.767. The summed E-state index contributed by atoms with van der Waals surface area (Å²) >= 11 is 4.23. The van der Waals surface area contributed by atoms with E-state index in [1.165, 1.54) is 43.1 Å². The number of benzene rings is 1. The highest BCUT2D eigenvalue weighted by molar-refractivity contribution is 8.00. The Bertz CT molecular complexity index is 419. The van der Waals surface area contributed by atoms with Crippen LogP contribution in [0.25, 0.3) is 0 Å². The monoisotopic (exact) mass is 293 g/mol. The van der Waals surface area contributed by atoms with E-state index in [2.05, 4.69) is 66.5 Å². The molecule has 2 aliphatic heterocycles. The molecule has 0 aromatic heterocycles. The Morgan fingerprint density at radius 2 is 2.11 bits per heavy atom. The Kier molecular flexibility index (Phi) is 4.16. The summed E-state index contributed by atoms with van der Waals surface area (Å²) in [7, 11) is 0. The molecule has 1 nitrogen and oxygen atoms in total. The zero-order valence-electron chi connectivity index (χ0n) is 11.9. The van der Waals surface area contributed by atoms with Crippen LogP contribution in [-0.4, -0.2) is 40.3 Å². The molecule has 19 heavy (non-hydrogen) atoms. The number of nitrogens with zero attached hydrogens (tertiary/aromatic N) is 1. The molecule has 1 saturated heterocycles. The Balaban J connectivity index is 1.56. The second kappa shape index (κ2) is 5.71. The number of fused-ring (bicyclic) bond motifs is 1. The summed E-state index contributed by atoms with van der Waals surface area (Å²) in [5.41, 5.74) is 1.56. The Hall–Kier alpha value is -0.120. The molecule has 1 fully saturated rings. The normalized spacial score (nSPS) is 26.9. The lowest BCUT2D eigenvalue weighted by Gasteiger charge is -2.24. The van der Waals surface area contributed by atoms with Crippen molar-refractivity contribution in [2.24, 2.45) is 0 Å². The first-order valence-corrected chi connectivity index (χ1v) is 9.10. The van der Waals surface area contributed by atoms with Crippen LogP contribution in [0.5, 0.6) is 0 Å². The average Bonchev–Trinajstić information content (AvgIpc) is 2.69. The third-order valence-corrected chi connectivity index (χ3v) is 6.78. The van der Waals surface area contributed by atoms with E-state index in [0.29, 0.717) is 4.75 Å². The van der Waals surface area contributed by atoms with Crippen LogP contribution in [-0.2, 0) is 6.42 Å². The molecule has 3 rings (SSSR count). The average molecular weight is 294 g/mol. The minimum absolute atomic E-state index is 0.473. The molecule has 1 atom stereocenters. The molecular formula is C16H23NS2. The van der Waals surface area contributed by atoms with Gasteiger partial charge in [0, 0.05) is 33.7 Å². The predicted molar refractivity (Wildman–Crippen MR) is 87.4 cm³/mol. The van der Waals surface area contributed by atoms with E-state index < -0.39 is 0 Å². The lowest BCUT2D eigenvalue weighted by Crippen LogP contribution is -2.33. The van der Waals surface area contributed by atoms with Crippen molar-refractivity contribution < 1.29 is 0 Å². The molecule has 2 heterocycles. The molecule has 0 N–H and O–H groups in total. The number of thioether (sulfide) groups is 2. The molecular weight excluding hydrogens is 270 g/mol. The summed E-state index contributed by atoms with van der Waals surface area (Å²) < 4.78 is 0.473. The van der Waals surface area contributed by atoms with Crippen LogP contribution in [0.3, 0.4) is 0 Å². The summed E-state index contributed by atoms with van der Waals surface area (Å²) in [6.07, 6.45) is 2.58. The SMILES string of the molecule is CC1(C)CCN(CC2Cc3ccccc3S2)CCS1. The van der Waals surface area contributed by atoms with Gasteiger partial charge in [-0.2, -0.15) is 11.8 Å². The Labute approximate surface area is 125 Å². The van der Waals surface area contributed by atoms with Gasteiger partial charge in [0.05, 0.1) is 0 Å². The minimum Gasteiger partial charge on any atom is -0.301 e. The lowest BCUT2D eigenvalue weighted by atomic mass is 10.1. The molecule has 0 bridgehead atoms. The Morgan fingerprint density at radius 3 is 2.95 bits per heavy atom. The third-order valence-electron chi connectivity index (χ3n) is 4.11. The maximum Gasteiger partial charge on any atom is 0.0263 e. The third kappa shape index (κ3) is 3.50. The molecule has 0 radical (unpaired) electrons. The number of hydrogen-bond donors (Lipinski definition) is 0. The molecule has 0 amide bonds. The largest absolute Gasteiger partial charge is 0.301 e. The van der Waals surface area contributed by atoms with Gasteiger partial charge in [0.1, 0.15) is 0 Å². The van der Waals surface area contributed by atoms with Gasteiger partial charge in [0.15, 0.2) is 0 Å². The van der Waals surface area contributed by atoms with Gasteiger partial charge in [-0.15, -0.1) is 11.8 Å². The second-order valence-corrected chi connectivity index (χ2v) is 9.35. The highest BCUT2D eigenvalue weighted by Crippen LogP contribution is 2.38. The molecule has 1 aromatic carbocycles. The van der Waals surface area contributed by atoms with Crippen molar-refractivity contribution in [1.29, 1.82) is 0 Å². The van der Waals surface area contributed by atoms with E-state index in [-0.39, 0.29) is 0 Å². The standard InChI is InChI=1S/C16H23NS2/c1-16(2)7-8-17(9-10-18-16)12-14-11-13-5-3-4-6-15(13)19-14/h3-6,14H,7-12H2,1-2H3. The van der Waals surface area contributed by atoms with Crippen molar-refractivity contribution in [3.05, 3.63) is 29.8 Å². The van der Waals surface area contributed by atoms with E-state index in [1.807, 2.05) is 0 Å². The topological polar surface area (TPSA) is 3.24 Å². The van der Waals surface area contributed by atoms with Gasteiger partial charge in [0.2, 0.25) is 0 Å². The van der Waals surface area contributed by atoms with Crippen LogP contribution in [0.1, 0.15) is 25.8 Å². The molecule has 3 heteroatoms. The van der Waals surface area contributed by atoms with Crippen LogP contribution >= 0.6 is 23.5 Å². The number of rotatable bonds is 2. The van der Waals surface area contributed by atoms with Gasteiger partial charge in [-0.25, -0.2) is 0 Å². The minimum atomic E-state index is 0.473. The van der Waals surface area contributed by atoms with Crippen LogP contribution in [0.4, 0.5) is 0 Å². The highest BCUT2D eigenvalue weighted by atomic mass is 32.2. The summed E-state index contributed by atoms with van der Waals surface area (Å²) in [6.45, 7) is 8.58. The van der Waals surface area contributed by atoms with Gasteiger partial charge in [0.25, 0.3) is 0 Å². The first-order chi connectivity index (χ1) is 9.12. The Morgan fingerprint density at radius 1 is 1.26 bits per heavy atom. The summed E-state index contributed by atoms with van der Waals surface area (Å²) in [4.78, 5) is 4.20. The van der Waals surface area contributed by atoms with Crippen molar-refractivity contribution in [3.8, 4) is 0 Å². The molecule has 0 saturated carbocycles. The maximum absolute atomic E-state index is 2.69. The first-order valence-electron chi connectivity index (χ1n) is 7.23. The molecule has 104 valence electrons. The maximum atomic E-state index is 2.69. The summed E-state index contributed by atoms with van der Waals surface area (Å²) in [6, 6.07) is 8.91. The van der Waals surface area contributed by atoms with Gasteiger partial charge in [-0.1, -0.05) is 32.0 Å². The van der Waals surface area contributed by atoms with Gasteiger partial charge in [-0.05, 0) is 31.0 Å². The van der Waals surface area contributed by atoms with Crippen molar-refractivity contribution in [3.63, 3.8) is 0 Å². The molecule has 1 unspecified atom stereocenters. The van der Waals surface area contributed by atoms with Crippen molar-refractivity contribution in [2.45, 2.75) is 41.6 Å². The molecule has 1 aromatic rings. The van der Waals surface area contributed by atoms with E-state index in [4.69, 9.17) is 0 Å². The molecule has 0 aliphatic carbocycles. The molecule has 2 aliphatic rings. The van der Waals surface area contributed by atoms with Crippen molar-refractivity contribution in [2.75, 3.05) is 25.4 Å². The van der Waals surface area contributed by atoms with Crippen molar-refractivity contribution in [1.82, 2.24) is 4.90 Å². The fourth-order valence-electron chi connectivity index (χ4n) is 2.89. The van der Waals surface area contributed by atoms with Crippen LogP contribution in [0.2, 0.25) is 0 Å². The highest BCUT2D eigenvalue weighted by Gasteiger charge is 2.27. The fourth-order valence-corrected chi connectivity index (χ4v) is 5.39. The van der Waals surface area contributed by atoms with Gasteiger partial charge < -0.3 is 4.90 Å². The summed E-state index contributed by atoms with van der Waals surface area (Å²) in [5.74, 6) is 1.29. The van der Waals surface area contributed by atoms with E-state index in [0.717, 1.165) is 5.25 Å². The fraction of sp³-hybridized carbons (Fsp3) is 0.625. The smallest absolute Gasteiger partial charge is 0.0263 e. The molecule has 0 spiro atoms.